The average molecular weight is 556 g/mol. The minimum atomic E-state index is -4.95. The fraction of sp³-hybridized carbons (Fsp3) is 0.286. The van der Waals surface area contributed by atoms with Crippen molar-refractivity contribution in [2.75, 3.05) is 49.8 Å². The molecule has 2 aromatic heterocycles. The number of anilines is 4. The Bertz CT molecular complexity index is 1490. The number of hydrogen-bond acceptors (Lipinski definition) is 8. The van der Waals surface area contributed by atoms with Crippen molar-refractivity contribution in [1.82, 2.24) is 19.4 Å². The molecular weight excluding hydrogens is 523 g/mol. The van der Waals surface area contributed by atoms with E-state index in [-0.39, 0.29) is 11.6 Å². The molecule has 0 saturated carbocycles. The third-order valence-corrected chi connectivity index (χ3v) is 6.22. The number of aryl methyl sites for hydroxylation is 1. The normalized spacial score (nSPS) is 12.4. The van der Waals surface area contributed by atoms with Gasteiger partial charge in [0.15, 0.2) is 5.75 Å². The summed E-state index contributed by atoms with van der Waals surface area (Å²) in [5.74, 6) is -0.404. The minimum absolute atomic E-state index is 0.0454. The van der Waals surface area contributed by atoms with Crippen LogP contribution in [0.3, 0.4) is 0 Å². The van der Waals surface area contributed by atoms with Crippen LogP contribution in [-0.4, -0.2) is 71.4 Å². The van der Waals surface area contributed by atoms with Gasteiger partial charge >= 0.3 is 6.36 Å². The first-order valence-electron chi connectivity index (χ1n) is 12.5. The maximum Gasteiger partial charge on any atom is 0.573 e. The summed E-state index contributed by atoms with van der Waals surface area (Å²) in [6, 6.07) is 12.2. The highest BCUT2D eigenvalue weighted by Gasteiger charge is 2.33. The molecule has 40 heavy (non-hydrogen) atoms. The van der Waals surface area contributed by atoms with Crippen LogP contribution < -0.4 is 20.3 Å². The van der Waals surface area contributed by atoms with Crippen LogP contribution in [0.4, 0.5) is 36.2 Å². The maximum absolute atomic E-state index is 13.5. The van der Waals surface area contributed by atoms with E-state index in [1.54, 1.807) is 18.0 Å². The molecule has 4 rings (SSSR count). The van der Waals surface area contributed by atoms with E-state index < -0.39 is 18.3 Å². The number of ether oxygens (including phenoxy) is 1. The van der Waals surface area contributed by atoms with Gasteiger partial charge in [0, 0.05) is 62.1 Å². The van der Waals surface area contributed by atoms with Gasteiger partial charge in [-0.2, -0.15) is 0 Å². The Balaban J connectivity index is 1.77. The quantitative estimate of drug-likeness (QED) is 0.172. The maximum atomic E-state index is 13.5. The number of hydrogen-bond donors (Lipinski definition) is 3. The first-order valence-corrected chi connectivity index (χ1v) is 12.5. The molecule has 0 spiro atoms. The van der Waals surface area contributed by atoms with E-state index in [2.05, 4.69) is 31.9 Å². The number of alkyl halides is 3. The first-order chi connectivity index (χ1) is 18.9. The molecule has 4 aromatic rings. The second-order valence-corrected chi connectivity index (χ2v) is 9.52. The molecule has 1 unspecified atom stereocenters. The van der Waals surface area contributed by atoms with Gasteiger partial charge in [0.05, 0.1) is 22.8 Å². The molecule has 0 saturated heterocycles. The highest BCUT2D eigenvalue weighted by atomic mass is 19.4. The summed E-state index contributed by atoms with van der Waals surface area (Å²) >= 11 is 0. The van der Waals surface area contributed by atoms with Crippen LogP contribution in [0, 0.1) is 0 Å². The number of rotatable bonds is 11. The number of halogens is 3. The molecule has 2 aromatic carbocycles. The van der Waals surface area contributed by atoms with Gasteiger partial charge in [-0.1, -0.05) is 24.8 Å². The van der Waals surface area contributed by atoms with E-state index in [1.165, 1.54) is 24.4 Å². The zero-order valence-corrected chi connectivity index (χ0v) is 22.7. The van der Waals surface area contributed by atoms with E-state index in [4.69, 9.17) is 0 Å². The summed E-state index contributed by atoms with van der Waals surface area (Å²) in [4.78, 5) is 12.5. The fourth-order valence-corrected chi connectivity index (χ4v) is 4.23. The van der Waals surface area contributed by atoms with Gasteiger partial charge in [0.2, 0.25) is 5.95 Å². The number of fused-ring (bicyclic) bond motifs is 1. The van der Waals surface area contributed by atoms with E-state index in [0.29, 0.717) is 30.2 Å². The Morgan fingerprint density at radius 3 is 2.58 bits per heavy atom. The summed E-state index contributed by atoms with van der Waals surface area (Å²) in [5, 5.41) is 16.9. The molecular formula is C28H32F3N7O2. The molecule has 2 heterocycles. The molecule has 3 N–H and O–H groups in total. The Hall–Kier alpha value is -4.29. The largest absolute Gasteiger partial charge is 0.573 e. The summed E-state index contributed by atoms with van der Waals surface area (Å²) in [6.45, 7) is 4.71. The zero-order valence-electron chi connectivity index (χ0n) is 22.7. The van der Waals surface area contributed by atoms with E-state index >= 15 is 0 Å². The third kappa shape index (κ3) is 6.82. The number of nitrogens with zero attached hydrogens (tertiary/aromatic N) is 5. The summed E-state index contributed by atoms with van der Waals surface area (Å²) in [5.41, 5.74) is 3.15. The van der Waals surface area contributed by atoms with Crippen molar-refractivity contribution in [2.45, 2.75) is 12.6 Å². The summed E-state index contributed by atoms with van der Waals surface area (Å²) in [7, 11) is 7.46. The van der Waals surface area contributed by atoms with Crippen LogP contribution in [0.2, 0.25) is 0 Å². The van der Waals surface area contributed by atoms with Crippen LogP contribution >= 0.6 is 0 Å². The van der Waals surface area contributed by atoms with Gasteiger partial charge in [0.1, 0.15) is 6.23 Å². The highest BCUT2D eigenvalue weighted by molar-refractivity contribution is 5.95. The smallest absolute Gasteiger partial charge is 0.403 e. The van der Waals surface area contributed by atoms with Crippen molar-refractivity contribution in [3.8, 4) is 17.0 Å². The monoisotopic (exact) mass is 555 g/mol. The molecule has 0 radical (unpaired) electrons. The molecule has 0 amide bonds. The number of aliphatic hydroxyl groups is 1. The van der Waals surface area contributed by atoms with Gasteiger partial charge < -0.3 is 34.8 Å². The molecule has 12 heteroatoms. The van der Waals surface area contributed by atoms with Gasteiger partial charge in [-0.15, -0.1) is 13.2 Å². The number of aromatic nitrogens is 3. The number of aliphatic hydroxyl groups excluding tert-OH is 1. The van der Waals surface area contributed by atoms with Gasteiger partial charge in [-0.25, -0.2) is 9.97 Å². The molecule has 9 nitrogen and oxygen atoms in total. The lowest BCUT2D eigenvalue weighted by molar-refractivity contribution is -0.274. The third-order valence-electron chi connectivity index (χ3n) is 6.22. The first kappa shape index (κ1) is 28.7. The summed E-state index contributed by atoms with van der Waals surface area (Å²) in [6.07, 6.45) is -1.36. The lowest BCUT2D eigenvalue weighted by Gasteiger charge is -2.27. The minimum Gasteiger partial charge on any atom is -0.403 e. The van der Waals surface area contributed by atoms with Gasteiger partial charge in [-0.05, 0) is 38.4 Å². The molecule has 0 fully saturated rings. The van der Waals surface area contributed by atoms with Crippen LogP contribution in [0.25, 0.3) is 22.2 Å². The molecule has 0 aliphatic rings. The van der Waals surface area contributed by atoms with Crippen molar-refractivity contribution in [3.63, 3.8) is 0 Å². The zero-order chi connectivity index (χ0) is 29.0. The van der Waals surface area contributed by atoms with Crippen LogP contribution in [0.1, 0.15) is 0 Å². The van der Waals surface area contributed by atoms with Gasteiger partial charge in [0.25, 0.3) is 0 Å². The topological polar surface area (TPSA) is 90.7 Å². The number of para-hydroxylation sites is 1. The van der Waals surface area contributed by atoms with Crippen LogP contribution in [0.5, 0.6) is 5.75 Å². The lowest BCUT2D eigenvalue weighted by atomic mass is 10.1. The fourth-order valence-electron chi connectivity index (χ4n) is 4.23. The number of likely N-dealkylation sites (N-methyl/N-ethyl adjacent to an activating group) is 2. The Morgan fingerprint density at radius 1 is 1.12 bits per heavy atom. The second-order valence-electron chi connectivity index (χ2n) is 9.52. The molecule has 1 atom stereocenters. The lowest BCUT2D eigenvalue weighted by Crippen LogP contribution is -2.30. The van der Waals surface area contributed by atoms with Gasteiger partial charge in [-0.3, -0.25) is 0 Å². The second kappa shape index (κ2) is 11.8. The van der Waals surface area contributed by atoms with Crippen LogP contribution in [-0.2, 0) is 7.05 Å². The molecule has 0 aliphatic carbocycles. The Morgan fingerprint density at radius 2 is 1.88 bits per heavy atom. The van der Waals surface area contributed by atoms with Crippen molar-refractivity contribution in [1.29, 1.82) is 0 Å². The van der Waals surface area contributed by atoms with Crippen molar-refractivity contribution in [3.05, 3.63) is 67.5 Å². The average Bonchev–Trinajstić information content (AvgIpc) is 3.24. The molecule has 0 bridgehead atoms. The predicted octanol–water partition coefficient (Wildman–Crippen LogP) is 5.19. The van der Waals surface area contributed by atoms with Crippen molar-refractivity contribution < 1.29 is 23.0 Å². The van der Waals surface area contributed by atoms with Crippen LogP contribution in [0.15, 0.2) is 67.5 Å². The van der Waals surface area contributed by atoms with E-state index in [1.807, 2.05) is 61.1 Å². The molecule has 212 valence electrons. The predicted molar refractivity (Wildman–Crippen MR) is 152 cm³/mol. The molecule has 0 aliphatic heterocycles. The number of benzene rings is 2. The highest BCUT2D eigenvalue weighted by Crippen LogP contribution is 2.40. The van der Waals surface area contributed by atoms with Crippen molar-refractivity contribution in [2.24, 2.45) is 7.05 Å². The van der Waals surface area contributed by atoms with Crippen molar-refractivity contribution >= 4 is 33.9 Å². The number of nitrogens with one attached hydrogen (secondary N) is 2. The van der Waals surface area contributed by atoms with E-state index in [9.17, 15) is 18.3 Å². The Labute approximate surface area is 230 Å². The van der Waals surface area contributed by atoms with E-state index in [0.717, 1.165) is 16.5 Å². The SMILES string of the molecule is C=CC(O)Nc1cc(Nc2nccc(-c3cn(C)c4ccccc34)n2)c(OC(F)(F)F)cc1N(C)CCN(C)C. The summed E-state index contributed by atoms with van der Waals surface area (Å²) < 4.78 is 46.8. The standard InChI is InChI=1S/C28H32F3N7O2/c1-6-26(39)33-21-15-22(25(40-28(29,30)31)16-24(21)37(4)14-13-36(2)3)35-27-32-12-11-20(34-27)19-17-38(5)23-10-8-7-9-18(19)23/h6-12,15-17,26,33,39H,1,13-14H2,2-5H3,(H,32,34,35). The Kier molecular flexibility index (Phi) is 8.50.